The Morgan fingerprint density at radius 2 is 2.00 bits per heavy atom. The average Bonchev–Trinajstić information content (AvgIpc) is 2.38. The van der Waals surface area contributed by atoms with Gasteiger partial charge in [0.2, 0.25) is 0 Å². The van der Waals surface area contributed by atoms with Crippen LogP contribution < -0.4 is 10.1 Å². The Labute approximate surface area is 123 Å². The van der Waals surface area contributed by atoms with Crippen molar-refractivity contribution in [3.63, 3.8) is 0 Å². The summed E-state index contributed by atoms with van der Waals surface area (Å²) in [5.74, 6) is 0.104. The van der Waals surface area contributed by atoms with Crippen LogP contribution in [0.2, 0.25) is 0 Å². The maximum atomic E-state index is 12.6. The van der Waals surface area contributed by atoms with Crippen molar-refractivity contribution in [2.75, 3.05) is 11.9 Å². The summed E-state index contributed by atoms with van der Waals surface area (Å²) in [6.45, 7) is 5.97. The first-order chi connectivity index (χ1) is 9.82. The monoisotopic (exact) mass is 294 g/mol. The van der Waals surface area contributed by atoms with Crippen molar-refractivity contribution in [1.82, 2.24) is 4.98 Å². The lowest BCUT2D eigenvalue weighted by Crippen LogP contribution is -2.15. The van der Waals surface area contributed by atoms with E-state index in [0.29, 0.717) is 5.52 Å². The van der Waals surface area contributed by atoms with Gasteiger partial charge >= 0.3 is 6.61 Å². The lowest BCUT2D eigenvalue weighted by Gasteiger charge is -2.21. The molecule has 0 aliphatic rings. The number of nitrogens with one attached hydrogen (secondary N) is 1. The molecule has 0 spiro atoms. The molecule has 0 saturated carbocycles. The number of para-hydroxylation sites is 1. The van der Waals surface area contributed by atoms with Gasteiger partial charge in [-0.05, 0) is 19.1 Å². The molecule has 5 heteroatoms. The number of benzene rings is 1. The summed E-state index contributed by atoms with van der Waals surface area (Å²) < 4.78 is 29.7. The minimum Gasteiger partial charge on any atom is -0.432 e. The second-order valence-corrected chi connectivity index (χ2v) is 5.87. The Morgan fingerprint density at radius 3 is 2.57 bits per heavy atom. The normalized spacial score (nSPS) is 12.0. The number of aromatic nitrogens is 1. The van der Waals surface area contributed by atoms with Gasteiger partial charge in [-0.2, -0.15) is 8.78 Å². The third-order valence-electron chi connectivity index (χ3n) is 3.15. The van der Waals surface area contributed by atoms with Gasteiger partial charge in [0.25, 0.3) is 0 Å². The molecule has 0 radical (unpaired) electrons. The van der Waals surface area contributed by atoms with E-state index in [1.165, 1.54) is 6.07 Å². The largest absolute Gasteiger partial charge is 0.432 e. The second kappa shape index (κ2) is 5.84. The third-order valence-corrected chi connectivity index (χ3v) is 3.15. The van der Waals surface area contributed by atoms with E-state index >= 15 is 0 Å². The zero-order valence-electron chi connectivity index (χ0n) is 12.7. The molecular formula is C16H20F2N2O. The van der Waals surface area contributed by atoms with Crippen LogP contribution in [0.15, 0.2) is 24.3 Å². The molecule has 21 heavy (non-hydrogen) atoms. The van der Waals surface area contributed by atoms with E-state index in [4.69, 9.17) is 0 Å². The van der Waals surface area contributed by atoms with Crippen LogP contribution in [0.25, 0.3) is 10.9 Å². The van der Waals surface area contributed by atoms with Crippen LogP contribution in [0, 0.1) is 0 Å². The highest BCUT2D eigenvalue weighted by atomic mass is 19.3. The number of fused-ring (bicyclic) bond motifs is 1. The number of anilines is 1. The first kappa shape index (κ1) is 15.5. The summed E-state index contributed by atoms with van der Waals surface area (Å²) in [5.41, 5.74) is 1.99. The van der Waals surface area contributed by atoms with E-state index in [1.807, 2.05) is 39.8 Å². The van der Waals surface area contributed by atoms with Crippen LogP contribution in [0.1, 0.15) is 33.4 Å². The standard InChI is InChI=1S/C16H20F2N2O/c1-5-19-11-9-13(16(2,3)4)20-14-10(11)7-6-8-12(14)21-15(17)18/h6-9,15H,5H2,1-4H3,(H,19,20). The lowest BCUT2D eigenvalue weighted by atomic mass is 9.90. The van der Waals surface area contributed by atoms with Gasteiger partial charge in [0.05, 0.1) is 0 Å². The zero-order valence-corrected chi connectivity index (χ0v) is 12.7. The zero-order chi connectivity index (χ0) is 15.6. The molecule has 1 aromatic heterocycles. The van der Waals surface area contributed by atoms with Gasteiger partial charge in [-0.15, -0.1) is 0 Å². The molecular weight excluding hydrogens is 274 g/mol. The quantitative estimate of drug-likeness (QED) is 0.897. The molecule has 1 aromatic carbocycles. The van der Waals surface area contributed by atoms with Crippen molar-refractivity contribution >= 4 is 16.6 Å². The van der Waals surface area contributed by atoms with Crippen molar-refractivity contribution < 1.29 is 13.5 Å². The molecule has 0 atom stereocenters. The predicted octanol–water partition coefficient (Wildman–Crippen LogP) is 4.57. The van der Waals surface area contributed by atoms with Crippen molar-refractivity contribution in [3.8, 4) is 5.75 Å². The molecule has 0 amide bonds. The fraction of sp³-hybridized carbons (Fsp3) is 0.438. The number of alkyl halides is 2. The van der Waals surface area contributed by atoms with Crippen LogP contribution in [-0.2, 0) is 5.41 Å². The maximum Gasteiger partial charge on any atom is 0.387 e. The van der Waals surface area contributed by atoms with Crippen molar-refractivity contribution in [3.05, 3.63) is 30.0 Å². The van der Waals surface area contributed by atoms with Crippen LogP contribution in [0.4, 0.5) is 14.5 Å². The smallest absolute Gasteiger partial charge is 0.387 e. The molecule has 3 nitrogen and oxygen atoms in total. The minimum atomic E-state index is -2.86. The van der Waals surface area contributed by atoms with Crippen LogP contribution in [-0.4, -0.2) is 18.1 Å². The highest BCUT2D eigenvalue weighted by Gasteiger charge is 2.20. The van der Waals surface area contributed by atoms with Gasteiger partial charge in [0.15, 0.2) is 5.75 Å². The fourth-order valence-electron chi connectivity index (χ4n) is 2.13. The highest BCUT2D eigenvalue weighted by molar-refractivity contribution is 5.95. The summed E-state index contributed by atoms with van der Waals surface area (Å²) >= 11 is 0. The van der Waals surface area contributed by atoms with Crippen molar-refractivity contribution in [1.29, 1.82) is 0 Å². The fourth-order valence-corrected chi connectivity index (χ4v) is 2.13. The molecule has 1 N–H and O–H groups in total. The van der Waals surface area contributed by atoms with Crippen molar-refractivity contribution in [2.45, 2.75) is 39.7 Å². The van der Waals surface area contributed by atoms with E-state index in [9.17, 15) is 8.78 Å². The van der Waals surface area contributed by atoms with E-state index in [0.717, 1.165) is 23.3 Å². The maximum absolute atomic E-state index is 12.6. The van der Waals surface area contributed by atoms with Gasteiger partial charge < -0.3 is 10.1 Å². The SMILES string of the molecule is CCNc1cc(C(C)(C)C)nc2c(OC(F)F)cccc12. The van der Waals surface area contributed by atoms with Gasteiger partial charge in [0.1, 0.15) is 5.52 Å². The lowest BCUT2D eigenvalue weighted by molar-refractivity contribution is -0.0489. The molecule has 114 valence electrons. The predicted molar refractivity (Wildman–Crippen MR) is 81.2 cm³/mol. The second-order valence-electron chi connectivity index (χ2n) is 5.87. The Morgan fingerprint density at radius 1 is 1.29 bits per heavy atom. The van der Waals surface area contributed by atoms with E-state index in [1.54, 1.807) is 6.07 Å². The van der Waals surface area contributed by atoms with Gasteiger partial charge in [-0.1, -0.05) is 32.9 Å². The minimum absolute atomic E-state index is 0.104. The molecule has 2 aromatic rings. The Kier molecular flexibility index (Phi) is 4.30. The number of hydrogen-bond donors (Lipinski definition) is 1. The highest BCUT2D eigenvalue weighted by Crippen LogP contribution is 2.34. The molecule has 0 fully saturated rings. The Hall–Kier alpha value is -1.91. The first-order valence-corrected chi connectivity index (χ1v) is 6.96. The number of halogens is 2. The van der Waals surface area contributed by atoms with E-state index in [2.05, 4.69) is 15.0 Å². The third kappa shape index (κ3) is 3.40. The Balaban J connectivity index is 2.70. The van der Waals surface area contributed by atoms with E-state index < -0.39 is 6.61 Å². The van der Waals surface area contributed by atoms with Crippen LogP contribution in [0.5, 0.6) is 5.75 Å². The molecule has 2 rings (SSSR count). The number of hydrogen-bond acceptors (Lipinski definition) is 3. The number of nitrogens with zero attached hydrogens (tertiary/aromatic N) is 1. The van der Waals surface area contributed by atoms with Gasteiger partial charge in [-0.25, -0.2) is 4.98 Å². The summed E-state index contributed by atoms with van der Waals surface area (Å²) in [6, 6.07) is 7.03. The average molecular weight is 294 g/mol. The topological polar surface area (TPSA) is 34.2 Å². The van der Waals surface area contributed by atoms with Gasteiger partial charge in [0, 0.05) is 28.7 Å². The Bertz CT molecular complexity index is 636. The molecule has 0 saturated heterocycles. The van der Waals surface area contributed by atoms with Crippen LogP contribution in [0.3, 0.4) is 0 Å². The molecule has 0 aliphatic heterocycles. The number of pyridine rings is 1. The number of rotatable bonds is 4. The number of ether oxygens (including phenoxy) is 1. The van der Waals surface area contributed by atoms with E-state index in [-0.39, 0.29) is 11.2 Å². The summed E-state index contributed by atoms with van der Waals surface area (Å²) in [5, 5.41) is 4.04. The summed E-state index contributed by atoms with van der Waals surface area (Å²) in [4.78, 5) is 4.54. The van der Waals surface area contributed by atoms with Gasteiger partial charge in [-0.3, -0.25) is 0 Å². The molecule has 0 unspecified atom stereocenters. The summed E-state index contributed by atoms with van der Waals surface area (Å²) in [7, 11) is 0. The molecule has 1 heterocycles. The molecule has 0 bridgehead atoms. The first-order valence-electron chi connectivity index (χ1n) is 6.96. The van der Waals surface area contributed by atoms with Crippen molar-refractivity contribution in [2.24, 2.45) is 0 Å². The molecule has 0 aliphatic carbocycles. The van der Waals surface area contributed by atoms with Crippen LogP contribution >= 0.6 is 0 Å². The summed E-state index contributed by atoms with van der Waals surface area (Å²) in [6.07, 6.45) is 0.